The first kappa shape index (κ1) is 11.5. The Morgan fingerprint density at radius 2 is 2.00 bits per heavy atom. The zero-order chi connectivity index (χ0) is 12.7. The molecular weight excluding hydrogens is 316 g/mol. The SMILES string of the molecule is Nc1ccc2[nH]c(-c3cc(Cl)ccc3Br)nc2n1. The van der Waals surface area contributed by atoms with Gasteiger partial charge in [-0.2, -0.15) is 0 Å². The van der Waals surface area contributed by atoms with Gasteiger partial charge in [-0.3, -0.25) is 0 Å². The third-order valence-electron chi connectivity index (χ3n) is 2.55. The van der Waals surface area contributed by atoms with Crippen LogP contribution in [-0.2, 0) is 0 Å². The molecule has 0 aliphatic carbocycles. The lowest BCUT2D eigenvalue weighted by atomic mass is 10.2. The number of hydrogen-bond acceptors (Lipinski definition) is 3. The van der Waals surface area contributed by atoms with Crippen molar-refractivity contribution < 1.29 is 0 Å². The van der Waals surface area contributed by atoms with Crippen molar-refractivity contribution in [3.8, 4) is 11.4 Å². The Labute approximate surface area is 116 Å². The van der Waals surface area contributed by atoms with Gasteiger partial charge in [0.05, 0.1) is 5.52 Å². The Morgan fingerprint density at radius 3 is 2.83 bits per heavy atom. The van der Waals surface area contributed by atoms with Gasteiger partial charge in [-0.15, -0.1) is 0 Å². The minimum Gasteiger partial charge on any atom is -0.384 e. The quantitative estimate of drug-likeness (QED) is 0.718. The molecule has 0 aliphatic heterocycles. The number of fused-ring (bicyclic) bond motifs is 1. The highest BCUT2D eigenvalue weighted by molar-refractivity contribution is 9.10. The fourth-order valence-electron chi connectivity index (χ4n) is 1.71. The molecule has 6 heteroatoms. The summed E-state index contributed by atoms with van der Waals surface area (Å²) in [6, 6.07) is 9.12. The number of rotatable bonds is 1. The first-order valence-electron chi connectivity index (χ1n) is 5.21. The number of nitrogens with two attached hydrogens (primary N) is 1. The van der Waals surface area contributed by atoms with E-state index in [2.05, 4.69) is 30.9 Å². The summed E-state index contributed by atoms with van der Waals surface area (Å²) in [7, 11) is 0. The van der Waals surface area contributed by atoms with Crippen LogP contribution in [0.25, 0.3) is 22.6 Å². The van der Waals surface area contributed by atoms with Crippen LogP contribution in [0.4, 0.5) is 5.82 Å². The van der Waals surface area contributed by atoms with Gasteiger partial charge in [0.2, 0.25) is 0 Å². The molecule has 90 valence electrons. The van der Waals surface area contributed by atoms with Gasteiger partial charge in [0.15, 0.2) is 5.65 Å². The number of aromatic amines is 1. The van der Waals surface area contributed by atoms with Crippen LogP contribution in [0.2, 0.25) is 5.02 Å². The van der Waals surface area contributed by atoms with Gasteiger partial charge in [-0.25, -0.2) is 9.97 Å². The number of H-pyrrole nitrogens is 1. The first-order valence-corrected chi connectivity index (χ1v) is 6.38. The van der Waals surface area contributed by atoms with Crippen molar-refractivity contribution in [3.05, 3.63) is 39.8 Å². The third kappa shape index (κ3) is 1.95. The molecule has 3 N–H and O–H groups in total. The van der Waals surface area contributed by atoms with Crippen LogP contribution in [0.1, 0.15) is 0 Å². The van der Waals surface area contributed by atoms with Gasteiger partial charge >= 0.3 is 0 Å². The number of nitrogens with zero attached hydrogens (tertiary/aromatic N) is 2. The summed E-state index contributed by atoms with van der Waals surface area (Å²) < 4.78 is 0.916. The van der Waals surface area contributed by atoms with Crippen LogP contribution in [0.3, 0.4) is 0 Å². The summed E-state index contributed by atoms with van der Waals surface area (Å²) in [6.07, 6.45) is 0. The van der Waals surface area contributed by atoms with E-state index < -0.39 is 0 Å². The van der Waals surface area contributed by atoms with E-state index in [9.17, 15) is 0 Å². The Kier molecular flexibility index (Phi) is 2.72. The molecule has 0 saturated heterocycles. The van der Waals surface area contributed by atoms with Gasteiger partial charge in [0, 0.05) is 15.1 Å². The highest BCUT2D eigenvalue weighted by Crippen LogP contribution is 2.30. The predicted octanol–water partition coefficient (Wildman–Crippen LogP) is 3.62. The summed E-state index contributed by atoms with van der Waals surface area (Å²) >= 11 is 9.47. The van der Waals surface area contributed by atoms with Gasteiger partial charge in [0.1, 0.15) is 11.6 Å². The second kappa shape index (κ2) is 4.26. The fourth-order valence-corrected chi connectivity index (χ4v) is 2.32. The van der Waals surface area contributed by atoms with Crippen molar-refractivity contribution in [2.45, 2.75) is 0 Å². The van der Waals surface area contributed by atoms with Gasteiger partial charge in [0.25, 0.3) is 0 Å². The molecule has 0 atom stereocenters. The topological polar surface area (TPSA) is 67.6 Å². The monoisotopic (exact) mass is 322 g/mol. The molecule has 3 aromatic rings. The van der Waals surface area contributed by atoms with Gasteiger partial charge in [-0.1, -0.05) is 27.5 Å². The number of nitrogens with one attached hydrogen (secondary N) is 1. The van der Waals surface area contributed by atoms with E-state index in [0.29, 0.717) is 22.3 Å². The second-order valence-electron chi connectivity index (χ2n) is 3.82. The van der Waals surface area contributed by atoms with Crippen molar-refractivity contribution in [1.29, 1.82) is 0 Å². The lowest BCUT2D eigenvalue weighted by molar-refractivity contribution is 1.30. The molecule has 3 rings (SSSR count). The number of halogens is 2. The fraction of sp³-hybridized carbons (Fsp3) is 0. The lowest BCUT2D eigenvalue weighted by Crippen LogP contribution is -1.88. The van der Waals surface area contributed by atoms with E-state index in [-0.39, 0.29) is 0 Å². The maximum absolute atomic E-state index is 5.99. The third-order valence-corrected chi connectivity index (χ3v) is 3.48. The number of nitrogen functional groups attached to an aromatic ring is 1. The largest absolute Gasteiger partial charge is 0.384 e. The molecule has 0 radical (unpaired) electrons. The van der Waals surface area contributed by atoms with Crippen LogP contribution in [0.5, 0.6) is 0 Å². The average Bonchev–Trinajstić information content (AvgIpc) is 2.74. The molecule has 18 heavy (non-hydrogen) atoms. The molecule has 0 fully saturated rings. The molecule has 1 aromatic carbocycles. The van der Waals surface area contributed by atoms with E-state index in [0.717, 1.165) is 15.6 Å². The van der Waals surface area contributed by atoms with E-state index >= 15 is 0 Å². The van der Waals surface area contributed by atoms with Gasteiger partial charge in [-0.05, 0) is 30.3 Å². The van der Waals surface area contributed by atoms with Gasteiger partial charge < -0.3 is 10.7 Å². The molecular formula is C12H8BrClN4. The standard InChI is InChI=1S/C12H8BrClN4/c13-8-2-1-6(14)5-7(8)11-16-9-3-4-10(15)17-12(9)18-11/h1-5H,(H3,15,16,17,18). The molecule has 2 aromatic heterocycles. The van der Waals surface area contributed by atoms with E-state index in [1.54, 1.807) is 6.07 Å². The molecule has 2 heterocycles. The summed E-state index contributed by atoms with van der Waals surface area (Å²) in [5, 5.41) is 0.654. The summed E-state index contributed by atoms with van der Waals surface area (Å²) in [6.45, 7) is 0. The number of hydrogen-bond donors (Lipinski definition) is 2. The molecule has 0 spiro atoms. The minimum atomic E-state index is 0.450. The first-order chi connectivity index (χ1) is 8.63. The maximum atomic E-state index is 5.99. The van der Waals surface area contributed by atoms with Crippen LogP contribution in [0.15, 0.2) is 34.8 Å². The Hall–Kier alpha value is -1.59. The summed E-state index contributed by atoms with van der Waals surface area (Å²) in [4.78, 5) is 11.8. The van der Waals surface area contributed by atoms with Crippen molar-refractivity contribution >= 4 is 44.5 Å². The minimum absolute atomic E-state index is 0.450. The Balaban J connectivity index is 2.22. The zero-order valence-corrected chi connectivity index (χ0v) is 11.5. The second-order valence-corrected chi connectivity index (χ2v) is 5.11. The van der Waals surface area contributed by atoms with E-state index in [1.807, 2.05) is 24.3 Å². The predicted molar refractivity (Wildman–Crippen MR) is 76.4 cm³/mol. The van der Waals surface area contributed by atoms with Crippen molar-refractivity contribution in [3.63, 3.8) is 0 Å². The maximum Gasteiger partial charge on any atom is 0.180 e. The molecule has 0 aliphatic rings. The van der Waals surface area contributed by atoms with Crippen molar-refractivity contribution in [1.82, 2.24) is 15.0 Å². The Bertz CT molecular complexity index is 738. The zero-order valence-electron chi connectivity index (χ0n) is 9.11. The molecule has 4 nitrogen and oxygen atoms in total. The van der Waals surface area contributed by atoms with E-state index in [4.69, 9.17) is 17.3 Å². The molecule has 0 bridgehead atoms. The smallest absolute Gasteiger partial charge is 0.180 e. The molecule has 0 unspecified atom stereocenters. The number of anilines is 1. The molecule has 0 saturated carbocycles. The molecule has 0 amide bonds. The summed E-state index contributed by atoms with van der Waals surface area (Å²) in [5.74, 6) is 1.16. The van der Waals surface area contributed by atoms with Crippen LogP contribution in [0, 0.1) is 0 Å². The summed E-state index contributed by atoms with van der Waals surface area (Å²) in [5.41, 5.74) is 7.95. The Morgan fingerprint density at radius 1 is 1.17 bits per heavy atom. The van der Waals surface area contributed by atoms with E-state index in [1.165, 1.54) is 0 Å². The van der Waals surface area contributed by atoms with Crippen LogP contribution in [-0.4, -0.2) is 15.0 Å². The highest BCUT2D eigenvalue weighted by Gasteiger charge is 2.10. The van der Waals surface area contributed by atoms with Crippen LogP contribution >= 0.6 is 27.5 Å². The van der Waals surface area contributed by atoms with Crippen LogP contribution < -0.4 is 5.73 Å². The highest BCUT2D eigenvalue weighted by atomic mass is 79.9. The number of aromatic nitrogens is 3. The number of benzene rings is 1. The normalized spacial score (nSPS) is 11.0. The lowest BCUT2D eigenvalue weighted by Gasteiger charge is -2.00. The average molecular weight is 324 g/mol. The number of pyridine rings is 1. The van der Waals surface area contributed by atoms with Crippen molar-refractivity contribution in [2.24, 2.45) is 0 Å². The van der Waals surface area contributed by atoms with Crippen molar-refractivity contribution in [2.75, 3.05) is 5.73 Å². The number of imidazole rings is 1.